The first-order chi connectivity index (χ1) is 5.29. The molecule has 58 valence electrons. The highest BCUT2D eigenvalue weighted by atomic mass is 15.1. The molecule has 1 N–H and O–H groups in total. The van der Waals surface area contributed by atoms with Crippen LogP contribution in [0.4, 0.5) is 0 Å². The third-order valence-electron chi connectivity index (χ3n) is 1.61. The Bertz CT molecular complexity index is 299. The van der Waals surface area contributed by atoms with Crippen LogP contribution in [0.25, 0.3) is 0 Å². The second-order valence-corrected chi connectivity index (χ2v) is 2.40. The number of nitrogens with one attached hydrogen (secondary N) is 1. The molecule has 0 aromatic carbocycles. The summed E-state index contributed by atoms with van der Waals surface area (Å²) >= 11 is 0. The van der Waals surface area contributed by atoms with E-state index in [1.807, 2.05) is 13.8 Å². The number of hydrogen-bond acceptors (Lipinski definition) is 1. The highest BCUT2D eigenvalue weighted by Crippen LogP contribution is 2.08. The lowest BCUT2D eigenvalue weighted by atomic mass is 10.1. The first-order valence-corrected chi connectivity index (χ1v) is 3.76. The Balaban J connectivity index is 3.14. The van der Waals surface area contributed by atoms with Crippen LogP contribution in [0.2, 0.25) is 0 Å². The molecule has 1 aromatic rings. The summed E-state index contributed by atoms with van der Waals surface area (Å²) in [5, 5.41) is 7.05. The summed E-state index contributed by atoms with van der Waals surface area (Å²) in [6.45, 7) is 5.91. The number of nitrogens with zero attached hydrogens (tertiary/aromatic N) is 1. The van der Waals surface area contributed by atoms with Gasteiger partial charge in [-0.3, -0.25) is 5.10 Å². The van der Waals surface area contributed by atoms with Crippen LogP contribution >= 0.6 is 0 Å². The average Bonchev–Trinajstić information content (AvgIpc) is 2.34. The highest BCUT2D eigenvalue weighted by molar-refractivity contribution is 5.40. The average molecular weight is 148 g/mol. The van der Waals surface area contributed by atoms with Crippen LogP contribution in [0.15, 0.2) is 0 Å². The van der Waals surface area contributed by atoms with E-state index in [0.29, 0.717) is 0 Å². The van der Waals surface area contributed by atoms with Crippen molar-refractivity contribution in [2.24, 2.45) is 0 Å². The van der Waals surface area contributed by atoms with Gasteiger partial charge >= 0.3 is 0 Å². The third-order valence-corrected chi connectivity index (χ3v) is 1.61. The van der Waals surface area contributed by atoms with E-state index in [2.05, 4.69) is 29.0 Å². The molecule has 0 aliphatic carbocycles. The number of aromatic nitrogens is 2. The molecule has 0 saturated heterocycles. The molecule has 0 saturated carbocycles. The standard InChI is InChI=1S/C9H12N2/c1-4-6-8-7(3)10-11-9(8)5-2/h5H2,1-3H3,(H,10,11). The largest absolute Gasteiger partial charge is 0.281 e. The summed E-state index contributed by atoms with van der Waals surface area (Å²) in [5.74, 6) is 5.91. The topological polar surface area (TPSA) is 28.7 Å². The minimum Gasteiger partial charge on any atom is -0.281 e. The van der Waals surface area contributed by atoms with Crippen LogP contribution in [0.3, 0.4) is 0 Å². The van der Waals surface area contributed by atoms with Gasteiger partial charge in [0.2, 0.25) is 0 Å². The van der Waals surface area contributed by atoms with E-state index in [-0.39, 0.29) is 0 Å². The van der Waals surface area contributed by atoms with E-state index in [1.54, 1.807) is 0 Å². The van der Waals surface area contributed by atoms with Crippen molar-refractivity contribution in [2.45, 2.75) is 27.2 Å². The lowest BCUT2D eigenvalue weighted by molar-refractivity contribution is 0.961. The molecule has 0 bridgehead atoms. The Morgan fingerprint density at radius 1 is 1.55 bits per heavy atom. The molecule has 1 aromatic heterocycles. The number of hydrogen-bond donors (Lipinski definition) is 1. The van der Waals surface area contributed by atoms with E-state index in [0.717, 1.165) is 23.4 Å². The van der Waals surface area contributed by atoms with Crippen molar-refractivity contribution in [3.63, 3.8) is 0 Å². The molecule has 2 nitrogen and oxygen atoms in total. The lowest BCUT2D eigenvalue weighted by Gasteiger charge is -1.88. The second-order valence-electron chi connectivity index (χ2n) is 2.40. The second kappa shape index (κ2) is 3.25. The van der Waals surface area contributed by atoms with Gasteiger partial charge in [0, 0.05) is 5.69 Å². The predicted molar refractivity (Wildman–Crippen MR) is 45.3 cm³/mol. The SMILES string of the molecule is CC#Cc1c(CC)n[nH]c1C. The number of aromatic amines is 1. The number of aryl methyl sites for hydroxylation is 2. The fraction of sp³-hybridized carbons (Fsp3) is 0.444. The van der Waals surface area contributed by atoms with Crippen molar-refractivity contribution in [1.82, 2.24) is 10.2 Å². The van der Waals surface area contributed by atoms with Crippen LogP contribution < -0.4 is 0 Å². The maximum Gasteiger partial charge on any atom is 0.0778 e. The zero-order chi connectivity index (χ0) is 8.27. The fourth-order valence-electron chi connectivity index (χ4n) is 1.03. The van der Waals surface area contributed by atoms with E-state index >= 15 is 0 Å². The Labute approximate surface area is 67.0 Å². The summed E-state index contributed by atoms with van der Waals surface area (Å²) < 4.78 is 0. The summed E-state index contributed by atoms with van der Waals surface area (Å²) in [7, 11) is 0. The van der Waals surface area contributed by atoms with E-state index < -0.39 is 0 Å². The van der Waals surface area contributed by atoms with Gasteiger partial charge in [-0.1, -0.05) is 12.8 Å². The van der Waals surface area contributed by atoms with Crippen molar-refractivity contribution >= 4 is 0 Å². The number of rotatable bonds is 1. The molecule has 0 fully saturated rings. The molecule has 2 heteroatoms. The van der Waals surface area contributed by atoms with Crippen molar-refractivity contribution < 1.29 is 0 Å². The maximum absolute atomic E-state index is 4.13. The summed E-state index contributed by atoms with van der Waals surface area (Å²) in [5.41, 5.74) is 3.20. The van der Waals surface area contributed by atoms with Gasteiger partial charge in [-0.25, -0.2) is 0 Å². The molecule has 1 rings (SSSR count). The van der Waals surface area contributed by atoms with Gasteiger partial charge in [0.1, 0.15) is 0 Å². The maximum atomic E-state index is 4.13. The van der Waals surface area contributed by atoms with Crippen LogP contribution in [-0.2, 0) is 6.42 Å². The Morgan fingerprint density at radius 3 is 2.82 bits per heavy atom. The van der Waals surface area contributed by atoms with E-state index in [1.165, 1.54) is 0 Å². The molecule has 0 amide bonds. The smallest absolute Gasteiger partial charge is 0.0778 e. The molecular formula is C9H12N2. The molecule has 11 heavy (non-hydrogen) atoms. The first-order valence-electron chi connectivity index (χ1n) is 3.76. The molecule has 0 aliphatic heterocycles. The van der Waals surface area contributed by atoms with Crippen LogP contribution in [-0.4, -0.2) is 10.2 Å². The molecule has 0 atom stereocenters. The van der Waals surface area contributed by atoms with Crippen molar-refractivity contribution in [3.05, 3.63) is 17.0 Å². The van der Waals surface area contributed by atoms with Gasteiger partial charge in [-0.05, 0) is 20.3 Å². The van der Waals surface area contributed by atoms with Gasteiger partial charge in [0.05, 0.1) is 11.3 Å². The van der Waals surface area contributed by atoms with Gasteiger partial charge in [0.25, 0.3) is 0 Å². The molecule has 0 radical (unpaired) electrons. The van der Waals surface area contributed by atoms with E-state index in [4.69, 9.17) is 0 Å². The lowest BCUT2D eigenvalue weighted by Crippen LogP contribution is -1.84. The third kappa shape index (κ3) is 1.43. The molecule has 1 heterocycles. The minimum atomic E-state index is 0.939. The van der Waals surface area contributed by atoms with Crippen molar-refractivity contribution in [2.75, 3.05) is 0 Å². The molecule has 0 spiro atoms. The molecule has 0 unspecified atom stereocenters. The first kappa shape index (κ1) is 7.87. The zero-order valence-corrected chi connectivity index (χ0v) is 7.15. The van der Waals surface area contributed by atoms with Gasteiger partial charge in [-0.15, -0.1) is 5.92 Å². The Kier molecular flexibility index (Phi) is 2.32. The van der Waals surface area contributed by atoms with Gasteiger partial charge in [-0.2, -0.15) is 5.10 Å². The van der Waals surface area contributed by atoms with Crippen LogP contribution in [0, 0.1) is 18.8 Å². The van der Waals surface area contributed by atoms with Crippen LogP contribution in [0.1, 0.15) is 30.8 Å². The van der Waals surface area contributed by atoms with Gasteiger partial charge < -0.3 is 0 Å². The normalized spacial score (nSPS) is 9.00. The summed E-state index contributed by atoms with van der Waals surface area (Å²) in [6.07, 6.45) is 0.939. The van der Waals surface area contributed by atoms with Crippen LogP contribution in [0.5, 0.6) is 0 Å². The van der Waals surface area contributed by atoms with Crippen molar-refractivity contribution in [3.8, 4) is 11.8 Å². The molecule has 0 aliphatic rings. The predicted octanol–water partition coefficient (Wildman–Crippen LogP) is 1.65. The summed E-state index contributed by atoms with van der Waals surface area (Å²) in [6, 6.07) is 0. The van der Waals surface area contributed by atoms with E-state index in [9.17, 15) is 0 Å². The fourth-order valence-corrected chi connectivity index (χ4v) is 1.03. The monoisotopic (exact) mass is 148 g/mol. The minimum absolute atomic E-state index is 0.939. The molecular weight excluding hydrogens is 136 g/mol. The van der Waals surface area contributed by atoms with Gasteiger partial charge in [0.15, 0.2) is 0 Å². The summed E-state index contributed by atoms with van der Waals surface area (Å²) in [4.78, 5) is 0. The zero-order valence-electron chi connectivity index (χ0n) is 7.15. The quantitative estimate of drug-likeness (QED) is 0.603. The Morgan fingerprint density at radius 2 is 2.27 bits per heavy atom. The van der Waals surface area contributed by atoms with Crippen molar-refractivity contribution in [1.29, 1.82) is 0 Å². The Hall–Kier alpha value is -1.23. The highest BCUT2D eigenvalue weighted by Gasteiger charge is 2.03. The number of H-pyrrole nitrogens is 1.